The molecule has 2 aliphatic rings. The van der Waals surface area contributed by atoms with Gasteiger partial charge in [-0.15, -0.1) is 12.4 Å². The lowest BCUT2D eigenvalue weighted by Gasteiger charge is -2.36. The van der Waals surface area contributed by atoms with Gasteiger partial charge in [0.1, 0.15) is 0 Å². The first kappa shape index (κ1) is 11.2. The Morgan fingerprint density at radius 1 is 1.38 bits per heavy atom. The standard InChI is InChI=1S/C9H19N3.ClH/c1-12(9-5-10-6-9)7-8-3-2-4-11-8;/h8-11H,2-7H2,1H3;1H/t8-;/m0./s1. The van der Waals surface area contributed by atoms with E-state index < -0.39 is 0 Å². The average molecular weight is 206 g/mol. The second-order valence-electron chi connectivity index (χ2n) is 4.04. The van der Waals surface area contributed by atoms with Gasteiger partial charge < -0.3 is 10.6 Å². The lowest BCUT2D eigenvalue weighted by Crippen LogP contribution is -2.57. The lowest BCUT2D eigenvalue weighted by molar-refractivity contribution is 0.167. The summed E-state index contributed by atoms with van der Waals surface area (Å²) in [5.74, 6) is 0. The molecule has 0 unspecified atom stereocenters. The van der Waals surface area contributed by atoms with Crippen molar-refractivity contribution in [2.75, 3.05) is 33.2 Å². The lowest BCUT2D eigenvalue weighted by atomic mass is 10.1. The minimum absolute atomic E-state index is 0. The minimum atomic E-state index is 0. The smallest absolute Gasteiger partial charge is 0.0343 e. The maximum Gasteiger partial charge on any atom is 0.0343 e. The molecule has 0 aliphatic carbocycles. The number of halogens is 1. The van der Waals surface area contributed by atoms with E-state index in [4.69, 9.17) is 0 Å². The Kier molecular flexibility index (Phi) is 4.46. The zero-order valence-corrected chi connectivity index (χ0v) is 9.07. The van der Waals surface area contributed by atoms with Crippen LogP contribution in [0.1, 0.15) is 12.8 Å². The summed E-state index contributed by atoms with van der Waals surface area (Å²) < 4.78 is 0. The SMILES string of the molecule is CN(C[C@@H]1CCCN1)C1CNC1.Cl. The normalized spacial score (nSPS) is 28.6. The van der Waals surface area contributed by atoms with E-state index in [-0.39, 0.29) is 12.4 Å². The van der Waals surface area contributed by atoms with Crippen LogP contribution >= 0.6 is 12.4 Å². The Morgan fingerprint density at radius 3 is 2.62 bits per heavy atom. The van der Waals surface area contributed by atoms with Crippen molar-refractivity contribution >= 4 is 12.4 Å². The molecule has 2 rings (SSSR count). The number of rotatable bonds is 3. The number of likely N-dealkylation sites (N-methyl/N-ethyl adjacent to an activating group) is 1. The van der Waals surface area contributed by atoms with Crippen molar-refractivity contribution in [1.82, 2.24) is 15.5 Å². The topological polar surface area (TPSA) is 27.3 Å². The van der Waals surface area contributed by atoms with Crippen LogP contribution in [0, 0.1) is 0 Å². The van der Waals surface area contributed by atoms with Crippen LogP contribution in [0.25, 0.3) is 0 Å². The summed E-state index contributed by atoms with van der Waals surface area (Å²) >= 11 is 0. The largest absolute Gasteiger partial charge is 0.314 e. The van der Waals surface area contributed by atoms with Gasteiger partial charge in [0.2, 0.25) is 0 Å². The van der Waals surface area contributed by atoms with E-state index >= 15 is 0 Å². The average Bonchev–Trinajstić information content (AvgIpc) is 2.34. The van der Waals surface area contributed by atoms with Gasteiger partial charge in [0.25, 0.3) is 0 Å². The number of nitrogens with one attached hydrogen (secondary N) is 2. The zero-order valence-electron chi connectivity index (χ0n) is 8.25. The molecule has 1 atom stereocenters. The molecule has 0 aromatic heterocycles. The van der Waals surface area contributed by atoms with Gasteiger partial charge in [-0.1, -0.05) is 0 Å². The van der Waals surface area contributed by atoms with Crippen LogP contribution < -0.4 is 10.6 Å². The summed E-state index contributed by atoms with van der Waals surface area (Å²) in [6.07, 6.45) is 2.73. The van der Waals surface area contributed by atoms with E-state index in [2.05, 4.69) is 22.6 Å². The van der Waals surface area contributed by atoms with Crippen molar-refractivity contribution < 1.29 is 0 Å². The molecule has 3 nitrogen and oxygen atoms in total. The van der Waals surface area contributed by atoms with E-state index in [1.165, 1.54) is 39.0 Å². The quantitative estimate of drug-likeness (QED) is 0.683. The van der Waals surface area contributed by atoms with E-state index in [1.807, 2.05) is 0 Å². The third kappa shape index (κ3) is 2.81. The molecule has 0 spiro atoms. The molecule has 78 valence electrons. The molecular weight excluding hydrogens is 186 g/mol. The van der Waals surface area contributed by atoms with E-state index in [0.29, 0.717) is 0 Å². The zero-order chi connectivity index (χ0) is 8.39. The first-order valence-electron chi connectivity index (χ1n) is 5.00. The molecule has 0 saturated carbocycles. The highest BCUT2D eigenvalue weighted by atomic mass is 35.5. The molecule has 0 amide bonds. The molecular formula is C9H20ClN3. The van der Waals surface area contributed by atoms with Crippen LogP contribution in [0.4, 0.5) is 0 Å². The second-order valence-corrected chi connectivity index (χ2v) is 4.04. The summed E-state index contributed by atoms with van der Waals surface area (Å²) in [7, 11) is 2.24. The summed E-state index contributed by atoms with van der Waals surface area (Å²) in [5.41, 5.74) is 0. The molecule has 4 heteroatoms. The number of nitrogens with zero attached hydrogens (tertiary/aromatic N) is 1. The van der Waals surface area contributed by atoms with Crippen molar-refractivity contribution in [1.29, 1.82) is 0 Å². The van der Waals surface area contributed by atoms with Gasteiger partial charge in [0, 0.05) is 31.7 Å². The fraction of sp³-hybridized carbons (Fsp3) is 1.00. The summed E-state index contributed by atoms with van der Waals surface area (Å²) in [6, 6.07) is 1.56. The predicted octanol–water partition coefficient (Wildman–Crippen LogP) is 0.0638. The van der Waals surface area contributed by atoms with Gasteiger partial charge in [0.05, 0.1) is 0 Å². The van der Waals surface area contributed by atoms with Crippen molar-refractivity contribution in [2.24, 2.45) is 0 Å². The molecule has 13 heavy (non-hydrogen) atoms. The van der Waals surface area contributed by atoms with Crippen LogP contribution in [-0.4, -0.2) is 50.2 Å². The molecule has 0 aromatic carbocycles. The molecule has 2 N–H and O–H groups in total. The Hall–Kier alpha value is 0.170. The Bertz CT molecular complexity index is 144. The van der Waals surface area contributed by atoms with Gasteiger partial charge in [-0.2, -0.15) is 0 Å². The van der Waals surface area contributed by atoms with Crippen LogP contribution in [0.3, 0.4) is 0 Å². The maximum absolute atomic E-state index is 3.53. The Morgan fingerprint density at radius 2 is 2.15 bits per heavy atom. The van der Waals surface area contributed by atoms with Crippen LogP contribution in [-0.2, 0) is 0 Å². The molecule has 2 heterocycles. The van der Waals surface area contributed by atoms with Crippen molar-refractivity contribution in [3.05, 3.63) is 0 Å². The molecule has 0 radical (unpaired) electrons. The van der Waals surface area contributed by atoms with Gasteiger partial charge in [-0.25, -0.2) is 0 Å². The van der Waals surface area contributed by atoms with Crippen LogP contribution in [0.15, 0.2) is 0 Å². The van der Waals surface area contributed by atoms with Crippen LogP contribution in [0.5, 0.6) is 0 Å². The van der Waals surface area contributed by atoms with Crippen molar-refractivity contribution in [3.8, 4) is 0 Å². The second kappa shape index (κ2) is 5.15. The van der Waals surface area contributed by atoms with Crippen LogP contribution in [0.2, 0.25) is 0 Å². The maximum atomic E-state index is 3.53. The first-order valence-corrected chi connectivity index (χ1v) is 5.00. The minimum Gasteiger partial charge on any atom is -0.314 e. The molecule has 0 aromatic rings. The predicted molar refractivity (Wildman–Crippen MR) is 57.6 cm³/mol. The number of hydrogen-bond acceptors (Lipinski definition) is 3. The third-order valence-corrected chi connectivity index (χ3v) is 3.05. The highest BCUT2D eigenvalue weighted by molar-refractivity contribution is 5.85. The summed E-state index contributed by atoms with van der Waals surface area (Å²) in [6.45, 7) is 4.82. The van der Waals surface area contributed by atoms with E-state index in [9.17, 15) is 0 Å². The van der Waals surface area contributed by atoms with Gasteiger partial charge in [0.15, 0.2) is 0 Å². The van der Waals surface area contributed by atoms with E-state index in [0.717, 1.165) is 12.1 Å². The highest BCUT2D eigenvalue weighted by Gasteiger charge is 2.24. The summed E-state index contributed by atoms with van der Waals surface area (Å²) in [5, 5.41) is 6.83. The molecule has 2 aliphatic heterocycles. The van der Waals surface area contributed by atoms with E-state index in [1.54, 1.807) is 0 Å². The Labute approximate surface area is 86.7 Å². The number of hydrogen-bond donors (Lipinski definition) is 2. The summed E-state index contributed by atoms with van der Waals surface area (Å²) in [4.78, 5) is 2.49. The van der Waals surface area contributed by atoms with Gasteiger partial charge in [-0.3, -0.25) is 4.90 Å². The monoisotopic (exact) mass is 205 g/mol. The first-order chi connectivity index (χ1) is 5.86. The fourth-order valence-electron chi connectivity index (χ4n) is 1.99. The van der Waals surface area contributed by atoms with Gasteiger partial charge >= 0.3 is 0 Å². The molecule has 0 bridgehead atoms. The third-order valence-electron chi connectivity index (χ3n) is 3.05. The van der Waals surface area contributed by atoms with Crippen molar-refractivity contribution in [3.63, 3.8) is 0 Å². The van der Waals surface area contributed by atoms with Gasteiger partial charge in [-0.05, 0) is 26.4 Å². The molecule has 2 saturated heterocycles. The Balaban J connectivity index is 0.000000845. The molecule has 2 fully saturated rings. The van der Waals surface area contributed by atoms with Crippen molar-refractivity contribution in [2.45, 2.75) is 24.9 Å². The fourth-order valence-corrected chi connectivity index (χ4v) is 1.99. The highest BCUT2D eigenvalue weighted by Crippen LogP contribution is 2.09.